The minimum atomic E-state index is -0.212. The lowest BCUT2D eigenvalue weighted by atomic mass is 10.3. The van der Waals surface area contributed by atoms with Gasteiger partial charge in [0.2, 0.25) is 6.67 Å². The average molecular weight is 229 g/mol. The Morgan fingerprint density at radius 2 is 1.94 bits per heavy atom. The number of carbonyl (C=O) groups is 1. The number of anilines is 1. The van der Waals surface area contributed by atoms with Crippen LogP contribution in [0.15, 0.2) is 42.7 Å². The first-order chi connectivity index (χ1) is 8.16. The molecule has 2 rings (SSSR count). The van der Waals surface area contributed by atoms with Crippen LogP contribution in [0, 0.1) is 6.67 Å². The summed E-state index contributed by atoms with van der Waals surface area (Å²) in [5, 5.41) is 2.79. The zero-order valence-corrected chi connectivity index (χ0v) is 9.92. The summed E-state index contributed by atoms with van der Waals surface area (Å²) >= 11 is 0. The molecule has 4 nitrogen and oxygen atoms in total. The fourth-order valence-electron chi connectivity index (χ4n) is 1.44. The second kappa shape index (κ2) is 4.91. The van der Waals surface area contributed by atoms with Gasteiger partial charge in [0.1, 0.15) is 0 Å². The molecule has 0 unspecified atom stereocenters. The van der Waals surface area contributed by atoms with Gasteiger partial charge in [-0.3, -0.25) is 4.90 Å². The van der Waals surface area contributed by atoms with Gasteiger partial charge in [-0.05, 0) is 26.0 Å². The van der Waals surface area contributed by atoms with Gasteiger partial charge in [-0.15, -0.1) is 0 Å². The van der Waals surface area contributed by atoms with Crippen molar-refractivity contribution in [2.45, 2.75) is 19.9 Å². The maximum atomic E-state index is 11.9. The Labute approximate surface area is 102 Å². The number of nitrogens with zero attached hydrogens (tertiary/aromatic N) is 2. The van der Waals surface area contributed by atoms with Crippen LogP contribution in [0.1, 0.15) is 13.8 Å². The zero-order valence-electron chi connectivity index (χ0n) is 9.92. The van der Waals surface area contributed by atoms with E-state index in [1.165, 1.54) is 4.90 Å². The molecule has 1 aliphatic heterocycles. The second-order valence-electron chi connectivity index (χ2n) is 4.07. The van der Waals surface area contributed by atoms with Crippen molar-refractivity contribution in [2.24, 2.45) is 0 Å². The fourth-order valence-corrected chi connectivity index (χ4v) is 1.44. The van der Waals surface area contributed by atoms with Crippen molar-refractivity contribution in [3.05, 3.63) is 49.4 Å². The van der Waals surface area contributed by atoms with E-state index in [1.807, 2.05) is 55.3 Å². The molecule has 1 aliphatic rings. The number of hydrogen-bond acceptors (Lipinski definition) is 2. The molecule has 0 fully saturated rings. The van der Waals surface area contributed by atoms with Crippen LogP contribution in [-0.2, 0) is 0 Å². The first kappa shape index (κ1) is 11.5. The number of para-hydroxylation sites is 1. The molecule has 0 atom stereocenters. The van der Waals surface area contributed by atoms with E-state index in [0.717, 1.165) is 5.69 Å². The molecule has 0 spiro atoms. The van der Waals surface area contributed by atoms with Crippen molar-refractivity contribution in [3.8, 4) is 0 Å². The molecule has 1 aromatic rings. The lowest BCUT2D eigenvalue weighted by Gasteiger charge is -2.21. The molecule has 1 N–H and O–H groups in total. The van der Waals surface area contributed by atoms with Crippen LogP contribution in [0.4, 0.5) is 10.5 Å². The number of urea groups is 1. The van der Waals surface area contributed by atoms with Gasteiger partial charge < -0.3 is 10.2 Å². The van der Waals surface area contributed by atoms with Gasteiger partial charge >= 0.3 is 6.03 Å². The molecule has 0 saturated heterocycles. The molecular formula is C13H15N3O. The van der Waals surface area contributed by atoms with Gasteiger partial charge in [-0.2, -0.15) is 0 Å². The van der Waals surface area contributed by atoms with Gasteiger partial charge in [0.15, 0.2) is 0 Å². The topological polar surface area (TPSA) is 35.6 Å². The van der Waals surface area contributed by atoms with E-state index < -0.39 is 0 Å². The van der Waals surface area contributed by atoms with Gasteiger partial charge in [-0.1, -0.05) is 18.2 Å². The highest BCUT2D eigenvalue weighted by molar-refractivity contribution is 5.90. The largest absolute Gasteiger partial charge is 0.343 e. The van der Waals surface area contributed by atoms with E-state index >= 15 is 0 Å². The second-order valence-corrected chi connectivity index (χ2v) is 4.07. The van der Waals surface area contributed by atoms with Crippen molar-refractivity contribution in [3.63, 3.8) is 0 Å². The summed E-state index contributed by atoms with van der Waals surface area (Å²) < 4.78 is 0. The summed E-state index contributed by atoms with van der Waals surface area (Å²) in [7, 11) is 0. The Kier molecular flexibility index (Phi) is 3.32. The third-order valence-corrected chi connectivity index (χ3v) is 2.40. The maximum absolute atomic E-state index is 11.9. The lowest BCUT2D eigenvalue weighted by molar-refractivity contribution is 0.227. The number of carbonyl (C=O) groups excluding carboxylic acids is 1. The van der Waals surface area contributed by atoms with Gasteiger partial charge in [0.25, 0.3) is 0 Å². The Morgan fingerprint density at radius 3 is 2.53 bits per heavy atom. The molecule has 4 heteroatoms. The lowest BCUT2D eigenvalue weighted by Crippen LogP contribution is -2.31. The van der Waals surface area contributed by atoms with Gasteiger partial charge in [0, 0.05) is 24.1 Å². The molecule has 1 heterocycles. The SMILES string of the molecule is CC(C)N1[C]N(C(=O)Nc2ccccc2)C=C1. The number of benzene rings is 1. The Morgan fingerprint density at radius 1 is 1.24 bits per heavy atom. The van der Waals surface area contributed by atoms with Crippen LogP contribution < -0.4 is 5.32 Å². The number of nitrogens with one attached hydrogen (secondary N) is 1. The summed E-state index contributed by atoms with van der Waals surface area (Å²) in [6.07, 6.45) is 3.52. The van der Waals surface area contributed by atoms with Crippen LogP contribution in [0.3, 0.4) is 0 Å². The predicted molar refractivity (Wildman–Crippen MR) is 66.7 cm³/mol. The third kappa shape index (κ3) is 2.78. The molecule has 17 heavy (non-hydrogen) atoms. The monoisotopic (exact) mass is 229 g/mol. The maximum Gasteiger partial charge on any atom is 0.328 e. The predicted octanol–water partition coefficient (Wildman–Crippen LogP) is 2.71. The Hall–Kier alpha value is -1.97. The van der Waals surface area contributed by atoms with Gasteiger partial charge in [-0.25, -0.2) is 4.79 Å². The fraction of sp³-hybridized carbons (Fsp3) is 0.231. The molecular weight excluding hydrogens is 214 g/mol. The molecule has 2 amide bonds. The smallest absolute Gasteiger partial charge is 0.328 e. The molecule has 0 aromatic heterocycles. The number of rotatable bonds is 2. The van der Waals surface area contributed by atoms with E-state index in [1.54, 1.807) is 6.20 Å². The van der Waals surface area contributed by atoms with Crippen molar-refractivity contribution in [1.29, 1.82) is 0 Å². The van der Waals surface area contributed by atoms with Crippen LogP contribution >= 0.6 is 0 Å². The van der Waals surface area contributed by atoms with Crippen LogP contribution in [0.25, 0.3) is 0 Å². The number of amides is 2. The molecule has 2 radical (unpaired) electrons. The van der Waals surface area contributed by atoms with E-state index in [2.05, 4.69) is 12.0 Å². The molecule has 0 saturated carbocycles. The Bertz CT molecular complexity index is 414. The van der Waals surface area contributed by atoms with E-state index in [9.17, 15) is 4.79 Å². The molecule has 1 aromatic carbocycles. The van der Waals surface area contributed by atoms with Crippen molar-refractivity contribution in [1.82, 2.24) is 9.80 Å². The highest BCUT2D eigenvalue weighted by Gasteiger charge is 2.22. The van der Waals surface area contributed by atoms with Crippen molar-refractivity contribution in [2.75, 3.05) is 5.32 Å². The third-order valence-electron chi connectivity index (χ3n) is 2.40. The highest BCUT2D eigenvalue weighted by Crippen LogP contribution is 2.16. The van der Waals surface area contributed by atoms with Crippen molar-refractivity contribution < 1.29 is 4.79 Å². The highest BCUT2D eigenvalue weighted by atomic mass is 16.2. The van der Waals surface area contributed by atoms with E-state index in [-0.39, 0.29) is 6.03 Å². The first-order valence-corrected chi connectivity index (χ1v) is 5.55. The number of hydrogen-bond donors (Lipinski definition) is 1. The van der Waals surface area contributed by atoms with Crippen LogP contribution in [-0.4, -0.2) is 21.9 Å². The first-order valence-electron chi connectivity index (χ1n) is 5.55. The summed E-state index contributed by atoms with van der Waals surface area (Å²) in [4.78, 5) is 15.1. The minimum Gasteiger partial charge on any atom is -0.343 e. The van der Waals surface area contributed by atoms with E-state index in [0.29, 0.717) is 6.04 Å². The van der Waals surface area contributed by atoms with Crippen LogP contribution in [0.2, 0.25) is 0 Å². The molecule has 88 valence electrons. The normalized spacial score (nSPS) is 14.5. The molecule has 0 bridgehead atoms. The van der Waals surface area contributed by atoms with Crippen LogP contribution in [0.5, 0.6) is 0 Å². The molecule has 0 aliphatic carbocycles. The summed E-state index contributed by atoms with van der Waals surface area (Å²) in [5.41, 5.74) is 0.774. The minimum absolute atomic E-state index is 0.212. The standard InChI is InChI=1S/C13H15N3O/c1-11(2)15-8-9-16(10-15)13(17)14-12-6-4-3-5-7-12/h3-9,11H,1-2H3,(H,14,17). The summed E-state index contributed by atoms with van der Waals surface area (Å²) in [5.74, 6) is 0. The zero-order chi connectivity index (χ0) is 12.3. The van der Waals surface area contributed by atoms with E-state index in [4.69, 9.17) is 0 Å². The summed E-state index contributed by atoms with van der Waals surface area (Å²) in [6.45, 7) is 7.03. The van der Waals surface area contributed by atoms with Gasteiger partial charge in [0.05, 0.1) is 0 Å². The van der Waals surface area contributed by atoms with Crippen molar-refractivity contribution >= 4 is 11.7 Å². The summed E-state index contributed by atoms with van der Waals surface area (Å²) in [6, 6.07) is 9.43. The Balaban J connectivity index is 1.93. The average Bonchev–Trinajstić information content (AvgIpc) is 2.79. The quantitative estimate of drug-likeness (QED) is 0.846.